The minimum atomic E-state index is -0.594. The van der Waals surface area contributed by atoms with Crippen LogP contribution in [0.25, 0.3) is 10.4 Å². The Morgan fingerprint density at radius 3 is 2.04 bits per heavy atom. The van der Waals surface area contributed by atoms with E-state index in [-0.39, 0.29) is 12.5 Å². The van der Waals surface area contributed by atoms with E-state index in [1.54, 1.807) is 4.90 Å². The van der Waals surface area contributed by atoms with Crippen molar-refractivity contribution in [1.29, 1.82) is 0 Å². The Morgan fingerprint density at radius 1 is 1.07 bits per heavy atom. The minimum absolute atomic E-state index is 0.00835. The first-order valence-electron chi connectivity index (χ1n) is 8.99. The summed E-state index contributed by atoms with van der Waals surface area (Å²) in [5, 5.41) is 3.57. The first-order valence-corrected chi connectivity index (χ1v) is 8.99. The molecule has 0 heterocycles. The van der Waals surface area contributed by atoms with Crippen LogP contribution in [-0.2, 0) is 4.74 Å². The molecule has 0 atom stereocenters. The van der Waals surface area contributed by atoms with Crippen molar-refractivity contribution in [1.82, 2.24) is 4.90 Å². The van der Waals surface area contributed by atoms with E-state index < -0.39 is 11.7 Å². The molecule has 142 valence electrons. The van der Waals surface area contributed by atoms with Crippen LogP contribution >= 0.6 is 0 Å². The first kappa shape index (κ1) is 20.3. The Labute approximate surface area is 160 Å². The van der Waals surface area contributed by atoms with Gasteiger partial charge in [0.2, 0.25) is 0 Å². The SMILES string of the molecule is CC(C)(C)OC(=O)N(CCN=[N+]=[N-])CC(c1ccccc1)c1ccccc1. The predicted molar refractivity (Wildman–Crippen MR) is 107 cm³/mol. The maximum atomic E-state index is 12.7. The normalized spacial score (nSPS) is 11.0. The topological polar surface area (TPSA) is 78.3 Å². The first-order chi connectivity index (χ1) is 12.9. The number of amides is 1. The molecule has 0 bridgehead atoms. The molecule has 6 heteroatoms. The molecular formula is C21H26N4O2. The summed E-state index contributed by atoms with van der Waals surface area (Å²) < 4.78 is 5.56. The fourth-order valence-electron chi connectivity index (χ4n) is 2.79. The fraction of sp³-hybridized carbons (Fsp3) is 0.381. The molecule has 0 saturated heterocycles. The molecule has 0 radical (unpaired) electrons. The molecular weight excluding hydrogens is 340 g/mol. The lowest BCUT2D eigenvalue weighted by Gasteiger charge is -2.30. The molecule has 27 heavy (non-hydrogen) atoms. The van der Waals surface area contributed by atoms with Crippen molar-refractivity contribution in [3.8, 4) is 0 Å². The maximum absolute atomic E-state index is 12.7. The molecule has 2 aromatic carbocycles. The summed E-state index contributed by atoms with van der Waals surface area (Å²) in [7, 11) is 0. The Bertz CT molecular complexity index is 726. The highest BCUT2D eigenvalue weighted by molar-refractivity contribution is 5.68. The molecule has 0 aliphatic carbocycles. The minimum Gasteiger partial charge on any atom is -0.444 e. The van der Waals surface area contributed by atoms with Crippen LogP contribution < -0.4 is 0 Å². The molecule has 0 aromatic heterocycles. The number of azide groups is 1. The summed E-state index contributed by atoms with van der Waals surface area (Å²) in [5.41, 5.74) is 10.2. The van der Waals surface area contributed by atoms with Gasteiger partial charge in [-0.05, 0) is 37.4 Å². The van der Waals surface area contributed by atoms with E-state index in [0.717, 1.165) is 11.1 Å². The van der Waals surface area contributed by atoms with Crippen molar-refractivity contribution in [2.24, 2.45) is 5.11 Å². The summed E-state index contributed by atoms with van der Waals surface area (Å²) in [6.07, 6.45) is -0.410. The number of hydrogen-bond acceptors (Lipinski definition) is 3. The second-order valence-corrected chi connectivity index (χ2v) is 7.25. The van der Waals surface area contributed by atoms with Gasteiger partial charge in [0, 0.05) is 30.5 Å². The second kappa shape index (κ2) is 9.64. The molecule has 0 saturated carbocycles. The van der Waals surface area contributed by atoms with Crippen LogP contribution in [0.1, 0.15) is 37.8 Å². The standard InChI is InChI=1S/C21H26N4O2/c1-21(2,3)27-20(26)25(15-14-23-24-22)16-19(17-10-6-4-7-11-17)18-12-8-5-9-13-18/h4-13,19H,14-16H2,1-3H3. The van der Waals surface area contributed by atoms with Crippen molar-refractivity contribution < 1.29 is 9.53 Å². The number of ether oxygens (including phenoxy) is 1. The number of carbonyl (C=O) groups excluding carboxylic acids is 1. The predicted octanol–water partition coefficient (Wildman–Crippen LogP) is 5.37. The van der Waals surface area contributed by atoms with Crippen LogP contribution in [0.5, 0.6) is 0 Å². The van der Waals surface area contributed by atoms with E-state index >= 15 is 0 Å². The average Bonchev–Trinajstić information content (AvgIpc) is 2.64. The average molecular weight is 366 g/mol. The third-order valence-corrected chi connectivity index (χ3v) is 3.99. The molecule has 0 aliphatic rings. The molecule has 0 spiro atoms. The van der Waals surface area contributed by atoms with Crippen molar-refractivity contribution in [2.45, 2.75) is 32.3 Å². The Balaban J connectivity index is 2.30. The van der Waals surface area contributed by atoms with E-state index in [9.17, 15) is 4.79 Å². The van der Waals surface area contributed by atoms with Gasteiger partial charge in [-0.25, -0.2) is 4.79 Å². The van der Waals surface area contributed by atoms with Gasteiger partial charge < -0.3 is 9.64 Å². The van der Waals surface area contributed by atoms with E-state index in [1.165, 1.54) is 0 Å². The van der Waals surface area contributed by atoms with Crippen LogP contribution in [-0.4, -0.2) is 36.2 Å². The third kappa shape index (κ3) is 6.68. The zero-order valence-corrected chi connectivity index (χ0v) is 16.1. The Hall–Kier alpha value is -2.98. The van der Waals surface area contributed by atoms with Crippen molar-refractivity contribution in [3.63, 3.8) is 0 Å². The van der Waals surface area contributed by atoms with Gasteiger partial charge in [0.15, 0.2) is 0 Å². The van der Waals surface area contributed by atoms with Gasteiger partial charge in [-0.3, -0.25) is 0 Å². The maximum Gasteiger partial charge on any atom is 0.410 e. The molecule has 0 unspecified atom stereocenters. The molecule has 0 aliphatic heterocycles. The van der Waals surface area contributed by atoms with Crippen molar-refractivity contribution >= 4 is 6.09 Å². The quantitative estimate of drug-likeness (QED) is 0.375. The van der Waals surface area contributed by atoms with E-state index in [2.05, 4.69) is 34.3 Å². The molecule has 0 N–H and O–H groups in total. The molecule has 0 fully saturated rings. The van der Waals surface area contributed by atoms with Crippen LogP contribution in [0.4, 0.5) is 4.79 Å². The number of rotatable bonds is 7. The third-order valence-electron chi connectivity index (χ3n) is 3.99. The highest BCUT2D eigenvalue weighted by atomic mass is 16.6. The number of nitrogens with zero attached hydrogens (tertiary/aromatic N) is 4. The number of hydrogen-bond donors (Lipinski definition) is 0. The summed E-state index contributed by atoms with van der Waals surface area (Å²) >= 11 is 0. The van der Waals surface area contributed by atoms with Gasteiger partial charge >= 0.3 is 6.09 Å². The van der Waals surface area contributed by atoms with Gasteiger partial charge in [-0.2, -0.15) is 0 Å². The zero-order valence-electron chi connectivity index (χ0n) is 16.1. The summed E-state index contributed by atoms with van der Waals surface area (Å²) in [4.78, 5) is 17.1. The van der Waals surface area contributed by atoms with Crippen LogP contribution in [0.15, 0.2) is 65.8 Å². The second-order valence-electron chi connectivity index (χ2n) is 7.25. The Morgan fingerprint density at radius 2 is 1.59 bits per heavy atom. The lowest BCUT2D eigenvalue weighted by Crippen LogP contribution is -2.40. The zero-order chi connectivity index (χ0) is 19.7. The van der Waals surface area contributed by atoms with E-state index in [0.29, 0.717) is 13.1 Å². The highest BCUT2D eigenvalue weighted by Crippen LogP contribution is 2.26. The lowest BCUT2D eigenvalue weighted by atomic mass is 9.91. The molecule has 2 aromatic rings. The largest absolute Gasteiger partial charge is 0.444 e. The van der Waals surface area contributed by atoms with Crippen molar-refractivity contribution in [3.05, 3.63) is 82.2 Å². The van der Waals surface area contributed by atoms with E-state index in [1.807, 2.05) is 57.2 Å². The molecule has 2 rings (SSSR count). The number of benzene rings is 2. The van der Waals surface area contributed by atoms with Crippen LogP contribution in [0, 0.1) is 0 Å². The lowest BCUT2D eigenvalue weighted by molar-refractivity contribution is 0.0250. The van der Waals surface area contributed by atoms with Gasteiger partial charge in [0.05, 0.1) is 0 Å². The molecule has 6 nitrogen and oxygen atoms in total. The smallest absolute Gasteiger partial charge is 0.410 e. The van der Waals surface area contributed by atoms with Gasteiger partial charge in [-0.15, -0.1) is 0 Å². The summed E-state index contributed by atoms with van der Waals surface area (Å²) in [6.45, 7) is 6.44. The Kier molecular flexibility index (Phi) is 7.26. The van der Waals surface area contributed by atoms with Gasteiger partial charge in [-0.1, -0.05) is 65.8 Å². The van der Waals surface area contributed by atoms with Crippen molar-refractivity contribution in [2.75, 3.05) is 19.6 Å². The number of carbonyl (C=O) groups is 1. The summed E-state index contributed by atoms with van der Waals surface area (Å²) in [6, 6.07) is 20.1. The monoisotopic (exact) mass is 366 g/mol. The fourth-order valence-corrected chi connectivity index (χ4v) is 2.79. The summed E-state index contributed by atoms with van der Waals surface area (Å²) in [5.74, 6) is -0.00835. The van der Waals surface area contributed by atoms with Crippen LogP contribution in [0.3, 0.4) is 0 Å². The van der Waals surface area contributed by atoms with Crippen LogP contribution in [0.2, 0.25) is 0 Å². The van der Waals surface area contributed by atoms with E-state index in [4.69, 9.17) is 10.3 Å². The van der Waals surface area contributed by atoms with Gasteiger partial charge in [0.1, 0.15) is 5.60 Å². The highest BCUT2D eigenvalue weighted by Gasteiger charge is 2.25. The van der Waals surface area contributed by atoms with Gasteiger partial charge in [0.25, 0.3) is 0 Å². The molecule has 1 amide bonds.